The summed E-state index contributed by atoms with van der Waals surface area (Å²) in [5, 5.41) is 13.8. The van der Waals surface area contributed by atoms with E-state index in [1.54, 1.807) is 0 Å². The Kier molecular flexibility index (Phi) is 4.83. The molecule has 5 heteroatoms. The standard InChI is InChI=1S/C12H18N2O3/c1-3-4-10(11(15)16)14-12(17)13-7-8(2)9-5-6-9/h1,8-10H,4-7H2,2H3,(H,15,16)(H2,13,14,17). The monoisotopic (exact) mass is 238 g/mol. The molecule has 0 radical (unpaired) electrons. The fraction of sp³-hybridized carbons (Fsp3) is 0.667. The largest absolute Gasteiger partial charge is 0.480 e. The van der Waals surface area contributed by atoms with E-state index in [1.165, 1.54) is 12.8 Å². The highest BCUT2D eigenvalue weighted by Gasteiger charge is 2.28. The van der Waals surface area contributed by atoms with Crippen molar-refractivity contribution in [1.82, 2.24) is 10.6 Å². The van der Waals surface area contributed by atoms with E-state index in [0.29, 0.717) is 18.4 Å². The topological polar surface area (TPSA) is 78.4 Å². The first-order valence-electron chi connectivity index (χ1n) is 5.75. The van der Waals surface area contributed by atoms with E-state index in [9.17, 15) is 9.59 Å². The maximum absolute atomic E-state index is 11.4. The van der Waals surface area contributed by atoms with E-state index < -0.39 is 18.0 Å². The molecule has 0 saturated heterocycles. The Bertz CT molecular complexity index is 331. The summed E-state index contributed by atoms with van der Waals surface area (Å²) < 4.78 is 0. The highest BCUT2D eigenvalue weighted by Crippen LogP contribution is 2.35. The first-order chi connectivity index (χ1) is 8.04. The molecule has 2 atom stereocenters. The number of carbonyl (C=O) groups excluding carboxylic acids is 1. The summed E-state index contributed by atoms with van der Waals surface area (Å²) in [4.78, 5) is 22.2. The lowest BCUT2D eigenvalue weighted by Crippen LogP contribution is -2.46. The number of carbonyl (C=O) groups is 2. The van der Waals surface area contributed by atoms with E-state index in [2.05, 4.69) is 23.5 Å². The molecular formula is C12H18N2O3. The van der Waals surface area contributed by atoms with Gasteiger partial charge in [-0.25, -0.2) is 9.59 Å². The molecule has 2 amide bonds. The van der Waals surface area contributed by atoms with Crippen molar-refractivity contribution in [1.29, 1.82) is 0 Å². The van der Waals surface area contributed by atoms with E-state index >= 15 is 0 Å². The Morgan fingerprint density at radius 2 is 2.18 bits per heavy atom. The van der Waals surface area contributed by atoms with Crippen LogP contribution < -0.4 is 10.6 Å². The third-order valence-corrected chi connectivity index (χ3v) is 2.94. The van der Waals surface area contributed by atoms with Crippen LogP contribution >= 0.6 is 0 Å². The molecule has 0 aromatic rings. The Morgan fingerprint density at radius 1 is 1.53 bits per heavy atom. The van der Waals surface area contributed by atoms with Gasteiger partial charge < -0.3 is 15.7 Å². The predicted molar refractivity (Wildman–Crippen MR) is 63.3 cm³/mol. The SMILES string of the molecule is C#CCC(NC(=O)NCC(C)C1CC1)C(=O)O. The molecule has 3 N–H and O–H groups in total. The molecule has 1 rings (SSSR count). The number of hydrogen-bond acceptors (Lipinski definition) is 2. The molecule has 1 fully saturated rings. The Labute approximate surface area is 101 Å². The summed E-state index contributed by atoms with van der Waals surface area (Å²) in [6, 6.07) is -1.49. The first-order valence-corrected chi connectivity index (χ1v) is 5.75. The van der Waals surface area contributed by atoms with Crippen molar-refractivity contribution in [3.8, 4) is 12.3 Å². The molecule has 1 aliphatic rings. The van der Waals surface area contributed by atoms with Gasteiger partial charge in [-0.1, -0.05) is 6.92 Å². The fourth-order valence-corrected chi connectivity index (χ4v) is 1.61. The lowest BCUT2D eigenvalue weighted by molar-refractivity contribution is -0.139. The van der Waals surface area contributed by atoms with E-state index in [-0.39, 0.29) is 6.42 Å². The van der Waals surface area contributed by atoms with Gasteiger partial charge in [0.15, 0.2) is 0 Å². The Balaban J connectivity index is 2.26. The normalized spacial score (nSPS) is 17.6. The molecule has 2 unspecified atom stereocenters. The second kappa shape index (κ2) is 6.14. The minimum absolute atomic E-state index is 0.0130. The summed E-state index contributed by atoms with van der Waals surface area (Å²) in [6.07, 6.45) is 7.46. The third-order valence-electron chi connectivity index (χ3n) is 2.94. The highest BCUT2D eigenvalue weighted by atomic mass is 16.4. The molecule has 0 aromatic heterocycles. The van der Waals surface area contributed by atoms with Crippen LogP contribution in [-0.4, -0.2) is 29.7 Å². The third kappa shape index (κ3) is 4.77. The van der Waals surface area contributed by atoms with Crippen molar-refractivity contribution < 1.29 is 14.7 Å². The van der Waals surface area contributed by atoms with Gasteiger partial charge in [-0.2, -0.15) is 0 Å². The van der Waals surface area contributed by atoms with Crippen LogP contribution in [0.2, 0.25) is 0 Å². The number of hydrogen-bond donors (Lipinski definition) is 3. The van der Waals surface area contributed by atoms with Crippen molar-refractivity contribution in [2.75, 3.05) is 6.54 Å². The minimum atomic E-state index is -1.12. The number of rotatable bonds is 6. The van der Waals surface area contributed by atoms with E-state index in [1.807, 2.05) is 0 Å². The van der Waals surface area contributed by atoms with Gasteiger partial charge in [-0.15, -0.1) is 12.3 Å². The van der Waals surface area contributed by atoms with Crippen LogP contribution in [0.15, 0.2) is 0 Å². The second-order valence-corrected chi connectivity index (χ2v) is 4.47. The number of carboxylic acids is 1. The van der Waals surface area contributed by atoms with Gasteiger partial charge >= 0.3 is 12.0 Å². The average Bonchev–Trinajstić information content (AvgIpc) is 3.08. The van der Waals surface area contributed by atoms with Crippen molar-refractivity contribution in [2.24, 2.45) is 11.8 Å². The lowest BCUT2D eigenvalue weighted by atomic mass is 10.1. The van der Waals surface area contributed by atoms with Gasteiger partial charge in [0.1, 0.15) is 6.04 Å². The van der Waals surface area contributed by atoms with E-state index in [0.717, 1.165) is 0 Å². The van der Waals surface area contributed by atoms with Crippen molar-refractivity contribution in [2.45, 2.75) is 32.2 Å². The smallest absolute Gasteiger partial charge is 0.327 e. The van der Waals surface area contributed by atoms with Crippen molar-refractivity contribution in [3.05, 3.63) is 0 Å². The van der Waals surface area contributed by atoms with E-state index in [4.69, 9.17) is 11.5 Å². The molecule has 0 spiro atoms. The molecule has 0 aromatic carbocycles. The molecule has 0 heterocycles. The molecule has 5 nitrogen and oxygen atoms in total. The molecule has 0 bridgehead atoms. The zero-order chi connectivity index (χ0) is 12.8. The molecule has 94 valence electrons. The second-order valence-electron chi connectivity index (χ2n) is 4.47. The Morgan fingerprint density at radius 3 is 2.65 bits per heavy atom. The predicted octanol–water partition coefficient (Wildman–Crippen LogP) is 0.808. The van der Waals surface area contributed by atoms with Crippen LogP contribution in [-0.2, 0) is 4.79 Å². The van der Waals surface area contributed by atoms with Crippen molar-refractivity contribution >= 4 is 12.0 Å². The van der Waals surface area contributed by atoms with Crippen LogP contribution in [0.1, 0.15) is 26.2 Å². The molecule has 0 aliphatic heterocycles. The quantitative estimate of drug-likeness (QED) is 0.599. The Hall–Kier alpha value is -1.70. The number of nitrogens with one attached hydrogen (secondary N) is 2. The summed E-state index contributed by atoms with van der Waals surface area (Å²) in [5.41, 5.74) is 0. The number of carboxylic acid groups (broad SMARTS) is 1. The average molecular weight is 238 g/mol. The molecular weight excluding hydrogens is 220 g/mol. The fourth-order valence-electron chi connectivity index (χ4n) is 1.61. The van der Waals surface area contributed by atoms with Gasteiger partial charge in [0.05, 0.1) is 0 Å². The summed E-state index contributed by atoms with van der Waals surface area (Å²) in [6.45, 7) is 2.65. The summed E-state index contributed by atoms with van der Waals surface area (Å²) in [7, 11) is 0. The summed E-state index contributed by atoms with van der Waals surface area (Å²) in [5.74, 6) is 2.25. The van der Waals surface area contributed by atoms with Crippen LogP contribution in [0.3, 0.4) is 0 Å². The van der Waals surface area contributed by atoms with Crippen LogP contribution in [0.25, 0.3) is 0 Å². The van der Waals surface area contributed by atoms with Gasteiger partial charge in [0.2, 0.25) is 0 Å². The molecule has 17 heavy (non-hydrogen) atoms. The zero-order valence-electron chi connectivity index (χ0n) is 9.90. The van der Waals surface area contributed by atoms with Crippen LogP contribution in [0, 0.1) is 24.2 Å². The number of urea groups is 1. The van der Waals surface area contributed by atoms with Crippen LogP contribution in [0.5, 0.6) is 0 Å². The van der Waals surface area contributed by atoms with Gasteiger partial charge in [-0.3, -0.25) is 0 Å². The zero-order valence-corrected chi connectivity index (χ0v) is 9.90. The molecule has 1 saturated carbocycles. The first kappa shape index (κ1) is 13.4. The molecule has 1 aliphatic carbocycles. The van der Waals surface area contributed by atoms with Gasteiger partial charge in [-0.05, 0) is 24.7 Å². The lowest BCUT2D eigenvalue weighted by Gasteiger charge is -2.15. The minimum Gasteiger partial charge on any atom is -0.480 e. The van der Waals surface area contributed by atoms with Gasteiger partial charge in [0, 0.05) is 13.0 Å². The van der Waals surface area contributed by atoms with Gasteiger partial charge in [0.25, 0.3) is 0 Å². The number of aliphatic carboxylic acids is 1. The van der Waals surface area contributed by atoms with Crippen LogP contribution in [0.4, 0.5) is 4.79 Å². The maximum atomic E-state index is 11.4. The number of terminal acetylenes is 1. The maximum Gasteiger partial charge on any atom is 0.327 e. The number of amides is 2. The highest BCUT2D eigenvalue weighted by molar-refractivity contribution is 5.82. The summed E-state index contributed by atoms with van der Waals surface area (Å²) >= 11 is 0. The van der Waals surface area contributed by atoms with Crippen molar-refractivity contribution in [3.63, 3.8) is 0 Å².